The number of carboxylic acids is 1. The maximum Gasteiger partial charge on any atom is 0.332 e. The molecule has 0 aliphatic heterocycles. The van der Waals surface area contributed by atoms with Gasteiger partial charge in [-0.3, -0.25) is 0 Å². The van der Waals surface area contributed by atoms with Crippen LogP contribution in [0.1, 0.15) is 6.42 Å². The molecule has 0 fully saturated rings. The van der Waals surface area contributed by atoms with Crippen molar-refractivity contribution in [2.75, 3.05) is 6.61 Å². The third-order valence-electron chi connectivity index (χ3n) is 1.38. The van der Waals surface area contributed by atoms with E-state index < -0.39 is 37.3 Å². The third kappa shape index (κ3) is 3.63. The second-order valence-corrected chi connectivity index (χ2v) is 2.41. The molecule has 0 radical (unpaired) electrons. The van der Waals surface area contributed by atoms with Crippen LogP contribution in [0.25, 0.3) is 0 Å². The van der Waals surface area contributed by atoms with E-state index in [1.807, 2.05) is 0 Å². The van der Waals surface area contributed by atoms with Gasteiger partial charge in [-0.2, -0.15) is 0 Å². The van der Waals surface area contributed by atoms with E-state index in [1.54, 1.807) is 0 Å². The molecule has 6 heteroatoms. The van der Waals surface area contributed by atoms with Crippen LogP contribution in [0.3, 0.4) is 0 Å². The van der Waals surface area contributed by atoms with Gasteiger partial charge in [0.25, 0.3) is 0 Å². The van der Waals surface area contributed by atoms with Crippen molar-refractivity contribution in [2.24, 2.45) is 0 Å². The molecule has 0 amide bonds. The van der Waals surface area contributed by atoms with Gasteiger partial charge in [-0.25, -0.2) is 4.79 Å². The second kappa shape index (κ2) is 5.04. The van der Waals surface area contributed by atoms with E-state index in [0.29, 0.717) is 0 Å². The Kier molecular flexibility index (Phi) is 4.75. The summed E-state index contributed by atoms with van der Waals surface area (Å²) >= 11 is 0. The molecule has 0 spiro atoms. The van der Waals surface area contributed by atoms with Gasteiger partial charge in [-0.1, -0.05) is 0 Å². The Morgan fingerprint density at radius 2 is 1.67 bits per heavy atom. The van der Waals surface area contributed by atoms with Gasteiger partial charge in [0.2, 0.25) is 0 Å². The Bertz CT molecular complexity index is 147. The van der Waals surface area contributed by atoms with Crippen LogP contribution in [0, 0.1) is 0 Å². The van der Waals surface area contributed by atoms with E-state index >= 15 is 0 Å². The SMILES string of the molecule is O=C(O)[C@H](O)C[C@@H](O)[C@H](O)CO. The minimum absolute atomic E-state index is 0.503. The lowest BCUT2D eigenvalue weighted by atomic mass is 10.1. The van der Waals surface area contributed by atoms with Crippen molar-refractivity contribution in [2.45, 2.75) is 24.7 Å². The number of aliphatic hydroxyl groups is 4. The van der Waals surface area contributed by atoms with Crippen molar-refractivity contribution in [1.82, 2.24) is 0 Å². The Morgan fingerprint density at radius 1 is 1.17 bits per heavy atom. The van der Waals surface area contributed by atoms with Crippen molar-refractivity contribution in [3.63, 3.8) is 0 Å². The molecular weight excluding hydrogens is 168 g/mol. The van der Waals surface area contributed by atoms with Gasteiger partial charge in [0, 0.05) is 6.42 Å². The van der Waals surface area contributed by atoms with Crippen molar-refractivity contribution in [3.05, 3.63) is 0 Å². The summed E-state index contributed by atoms with van der Waals surface area (Å²) in [6.07, 6.45) is -5.07. The number of carbonyl (C=O) groups is 1. The molecular formula is C6H12O6. The molecule has 0 aliphatic carbocycles. The molecule has 0 unspecified atom stereocenters. The number of hydrogen-bond donors (Lipinski definition) is 5. The number of rotatable bonds is 5. The Balaban J connectivity index is 3.83. The lowest BCUT2D eigenvalue weighted by Gasteiger charge is -2.16. The zero-order valence-corrected chi connectivity index (χ0v) is 6.29. The van der Waals surface area contributed by atoms with Gasteiger partial charge < -0.3 is 25.5 Å². The Hall–Kier alpha value is -0.690. The van der Waals surface area contributed by atoms with Crippen LogP contribution in [0.5, 0.6) is 0 Å². The predicted molar refractivity (Wildman–Crippen MR) is 37.4 cm³/mol. The molecule has 0 saturated heterocycles. The van der Waals surface area contributed by atoms with E-state index in [0.717, 1.165) is 0 Å². The van der Waals surface area contributed by atoms with Crippen LogP contribution >= 0.6 is 0 Å². The first-order chi connectivity index (χ1) is 5.49. The Labute approximate surface area is 68.7 Å². The predicted octanol–water partition coefficient (Wildman–Crippen LogP) is -2.46. The van der Waals surface area contributed by atoms with Crippen LogP contribution in [-0.4, -0.2) is 56.4 Å². The molecule has 6 nitrogen and oxygen atoms in total. The topological polar surface area (TPSA) is 118 Å². The fourth-order valence-corrected chi connectivity index (χ4v) is 0.608. The zero-order valence-electron chi connectivity index (χ0n) is 6.29. The highest BCUT2D eigenvalue weighted by Crippen LogP contribution is 2.02. The summed E-state index contributed by atoms with van der Waals surface area (Å²) in [4.78, 5) is 10.0. The number of hydrogen-bond acceptors (Lipinski definition) is 5. The molecule has 0 saturated carbocycles. The first kappa shape index (κ1) is 11.3. The summed E-state index contributed by atoms with van der Waals surface area (Å²) in [5.41, 5.74) is 0. The Morgan fingerprint density at radius 3 is 2.00 bits per heavy atom. The highest BCUT2D eigenvalue weighted by atomic mass is 16.4. The van der Waals surface area contributed by atoms with Gasteiger partial charge in [-0.05, 0) is 0 Å². The normalized spacial score (nSPS) is 18.3. The van der Waals surface area contributed by atoms with Crippen LogP contribution < -0.4 is 0 Å². The minimum Gasteiger partial charge on any atom is -0.479 e. The average Bonchev–Trinajstić information content (AvgIpc) is 2.02. The lowest BCUT2D eigenvalue weighted by Crippen LogP contribution is -2.35. The number of aliphatic carboxylic acids is 1. The van der Waals surface area contributed by atoms with Gasteiger partial charge in [-0.15, -0.1) is 0 Å². The summed E-state index contributed by atoms with van der Waals surface area (Å²) in [6.45, 7) is -0.673. The van der Waals surface area contributed by atoms with Crippen molar-refractivity contribution in [1.29, 1.82) is 0 Å². The van der Waals surface area contributed by atoms with E-state index in [-0.39, 0.29) is 0 Å². The summed E-state index contributed by atoms with van der Waals surface area (Å²) in [5, 5.41) is 42.8. The summed E-state index contributed by atoms with van der Waals surface area (Å²) in [6, 6.07) is 0. The second-order valence-electron chi connectivity index (χ2n) is 2.41. The van der Waals surface area contributed by atoms with Crippen molar-refractivity contribution < 1.29 is 30.3 Å². The molecule has 0 rings (SSSR count). The largest absolute Gasteiger partial charge is 0.479 e. The molecule has 3 atom stereocenters. The van der Waals surface area contributed by atoms with E-state index in [1.165, 1.54) is 0 Å². The highest BCUT2D eigenvalue weighted by molar-refractivity contribution is 5.71. The molecule has 0 aromatic carbocycles. The molecule has 0 aliphatic rings. The summed E-state index contributed by atoms with van der Waals surface area (Å²) in [5.74, 6) is -1.47. The van der Waals surface area contributed by atoms with Gasteiger partial charge in [0.05, 0.1) is 12.7 Å². The maximum absolute atomic E-state index is 10.0. The van der Waals surface area contributed by atoms with Gasteiger partial charge in [0.1, 0.15) is 6.10 Å². The molecule has 0 aromatic rings. The molecule has 0 bridgehead atoms. The van der Waals surface area contributed by atoms with Gasteiger partial charge >= 0.3 is 5.97 Å². The standard InChI is InChI=1S/C6H12O6/c7-2-5(10)3(8)1-4(9)6(11)12/h3-5,7-10H,1-2H2,(H,11,12)/t3-,4-,5-/m1/s1. The molecule has 72 valence electrons. The minimum atomic E-state index is -1.72. The fourth-order valence-electron chi connectivity index (χ4n) is 0.608. The van der Waals surface area contributed by atoms with Crippen LogP contribution in [0.15, 0.2) is 0 Å². The number of carboxylic acid groups (broad SMARTS) is 1. The van der Waals surface area contributed by atoms with Crippen molar-refractivity contribution in [3.8, 4) is 0 Å². The van der Waals surface area contributed by atoms with Crippen molar-refractivity contribution >= 4 is 5.97 Å². The fraction of sp³-hybridized carbons (Fsp3) is 0.833. The molecule has 0 heterocycles. The lowest BCUT2D eigenvalue weighted by molar-refractivity contribution is -0.149. The highest BCUT2D eigenvalue weighted by Gasteiger charge is 2.23. The molecule has 12 heavy (non-hydrogen) atoms. The van der Waals surface area contributed by atoms with Crippen LogP contribution in [0.2, 0.25) is 0 Å². The van der Waals surface area contributed by atoms with Crippen LogP contribution in [0.4, 0.5) is 0 Å². The quantitative estimate of drug-likeness (QED) is 0.320. The third-order valence-corrected chi connectivity index (χ3v) is 1.38. The van der Waals surface area contributed by atoms with Gasteiger partial charge in [0.15, 0.2) is 6.10 Å². The average molecular weight is 180 g/mol. The summed E-state index contributed by atoms with van der Waals surface area (Å²) < 4.78 is 0. The molecule has 0 aromatic heterocycles. The van der Waals surface area contributed by atoms with E-state index in [9.17, 15) is 4.79 Å². The monoisotopic (exact) mass is 180 g/mol. The van der Waals surface area contributed by atoms with E-state index in [4.69, 9.17) is 25.5 Å². The van der Waals surface area contributed by atoms with Crippen LogP contribution in [-0.2, 0) is 4.79 Å². The smallest absolute Gasteiger partial charge is 0.332 e. The molecule has 5 N–H and O–H groups in total. The summed E-state index contributed by atoms with van der Waals surface area (Å²) in [7, 11) is 0. The first-order valence-corrected chi connectivity index (χ1v) is 3.37. The first-order valence-electron chi connectivity index (χ1n) is 3.37. The van der Waals surface area contributed by atoms with E-state index in [2.05, 4.69) is 0 Å². The zero-order chi connectivity index (χ0) is 9.72. The maximum atomic E-state index is 10.0. The number of aliphatic hydroxyl groups excluding tert-OH is 4.